The van der Waals surface area contributed by atoms with Gasteiger partial charge in [0.05, 0.1) is 6.04 Å². The zero-order valence-electron chi connectivity index (χ0n) is 12.2. The summed E-state index contributed by atoms with van der Waals surface area (Å²) in [5, 5.41) is 11.0. The van der Waals surface area contributed by atoms with Gasteiger partial charge in [-0.25, -0.2) is 0 Å². The SMILES string of the molecule is C/C=C\C(=NC)N1CC(C)NC(/C(C=N)=C/N)C1C. The molecule has 0 amide bonds. The third-order valence-corrected chi connectivity index (χ3v) is 3.47. The highest BCUT2D eigenvalue weighted by Gasteiger charge is 2.33. The molecular weight excluding hydrogens is 238 g/mol. The van der Waals surface area contributed by atoms with Gasteiger partial charge in [-0.2, -0.15) is 0 Å². The van der Waals surface area contributed by atoms with E-state index in [1.54, 1.807) is 7.05 Å². The summed E-state index contributed by atoms with van der Waals surface area (Å²) in [6.45, 7) is 7.14. The van der Waals surface area contributed by atoms with Gasteiger partial charge in [-0.1, -0.05) is 6.08 Å². The molecule has 4 N–H and O–H groups in total. The lowest BCUT2D eigenvalue weighted by molar-refractivity contribution is 0.198. The van der Waals surface area contributed by atoms with E-state index in [0.29, 0.717) is 6.04 Å². The fourth-order valence-electron chi connectivity index (χ4n) is 2.51. The lowest BCUT2D eigenvalue weighted by atomic mass is 9.95. The van der Waals surface area contributed by atoms with E-state index in [0.717, 1.165) is 18.0 Å². The molecule has 5 heteroatoms. The lowest BCUT2D eigenvalue weighted by Gasteiger charge is -2.44. The second-order valence-electron chi connectivity index (χ2n) is 4.83. The molecule has 1 aliphatic heterocycles. The predicted octanol–water partition coefficient (Wildman–Crippen LogP) is 1.13. The maximum Gasteiger partial charge on any atom is 0.123 e. The van der Waals surface area contributed by atoms with Crippen LogP contribution in [0.4, 0.5) is 0 Å². The van der Waals surface area contributed by atoms with Crippen LogP contribution in [0.15, 0.2) is 28.9 Å². The molecule has 1 aliphatic rings. The topological polar surface area (TPSA) is 77.5 Å². The predicted molar refractivity (Wildman–Crippen MR) is 81.8 cm³/mol. The molecule has 3 atom stereocenters. The first-order valence-corrected chi connectivity index (χ1v) is 6.63. The first-order chi connectivity index (χ1) is 9.08. The van der Waals surface area contributed by atoms with E-state index < -0.39 is 0 Å². The van der Waals surface area contributed by atoms with Crippen molar-refractivity contribution in [3.63, 3.8) is 0 Å². The average molecular weight is 263 g/mol. The van der Waals surface area contributed by atoms with Crippen LogP contribution < -0.4 is 11.1 Å². The van der Waals surface area contributed by atoms with Gasteiger partial charge in [0.2, 0.25) is 0 Å². The molecule has 0 radical (unpaired) electrons. The highest BCUT2D eigenvalue weighted by Crippen LogP contribution is 2.18. The Labute approximate surface area is 115 Å². The van der Waals surface area contributed by atoms with Crippen LogP contribution in [0, 0.1) is 5.41 Å². The van der Waals surface area contributed by atoms with Crippen LogP contribution in [0.3, 0.4) is 0 Å². The summed E-state index contributed by atoms with van der Waals surface area (Å²) >= 11 is 0. The monoisotopic (exact) mass is 263 g/mol. The van der Waals surface area contributed by atoms with E-state index in [-0.39, 0.29) is 12.1 Å². The first-order valence-electron chi connectivity index (χ1n) is 6.63. The summed E-state index contributed by atoms with van der Waals surface area (Å²) < 4.78 is 0. The summed E-state index contributed by atoms with van der Waals surface area (Å²) in [5.74, 6) is 0.967. The quantitative estimate of drug-likeness (QED) is 0.528. The Morgan fingerprint density at radius 1 is 1.47 bits per heavy atom. The second-order valence-corrected chi connectivity index (χ2v) is 4.83. The van der Waals surface area contributed by atoms with Gasteiger partial charge in [0.15, 0.2) is 0 Å². The smallest absolute Gasteiger partial charge is 0.123 e. The second kappa shape index (κ2) is 7.09. The molecule has 3 unspecified atom stereocenters. The number of hydrogen-bond donors (Lipinski definition) is 3. The van der Waals surface area contributed by atoms with Crippen molar-refractivity contribution in [3.05, 3.63) is 23.9 Å². The maximum absolute atomic E-state index is 7.48. The molecule has 106 valence electrons. The van der Waals surface area contributed by atoms with Crippen LogP contribution in [-0.4, -0.2) is 48.7 Å². The molecule has 0 bridgehead atoms. The van der Waals surface area contributed by atoms with Gasteiger partial charge in [0.1, 0.15) is 5.84 Å². The molecule has 0 aromatic heterocycles. The van der Waals surface area contributed by atoms with Gasteiger partial charge in [-0.05, 0) is 26.8 Å². The van der Waals surface area contributed by atoms with Gasteiger partial charge in [-0.15, -0.1) is 0 Å². The summed E-state index contributed by atoms with van der Waals surface area (Å²) in [6, 6.07) is 0.564. The van der Waals surface area contributed by atoms with Gasteiger partial charge in [-0.3, -0.25) is 4.99 Å². The van der Waals surface area contributed by atoms with E-state index in [1.807, 2.05) is 19.1 Å². The number of piperazine rings is 1. The van der Waals surface area contributed by atoms with Crippen molar-refractivity contribution in [2.24, 2.45) is 10.7 Å². The van der Waals surface area contributed by atoms with Gasteiger partial charge in [0.25, 0.3) is 0 Å². The first kappa shape index (κ1) is 15.4. The molecule has 0 spiro atoms. The van der Waals surface area contributed by atoms with Crippen LogP contribution >= 0.6 is 0 Å². The van der Waals surface area contributed by atoms with E-state index >= 15 is 0 Å². The highest BCUT2D eigenvalue weighted by molar-refractivity contribution is 5.93. The van der Waals surface area contributed by atoms with E-state index in [2.05, 4.69) is 29.1 Å². The zero-order valence-corrected chi connectivity index (χ0v) is 12.2. The Bertz CT molecular complexity index is 397. The normalized spacial score (nSPS) is 29.9. The lowest BCUT2D eigenvalue weighted by Crippen LogP contribution is -2.62. The molecule has 0 aromatic rings. The number of nitrogens with zero attached hydrogens (tertiary/aromatic N) is 2. The van der Waals surface area contributed by atoms with Crippen molar-refractivity contribution in [3.8, 4) is 0 Å². The van der Waals surface area contributed by atoms with Crippen LogP contribution in [0.1, 0.15) is 20.8 Å². The number of amidine groups is 1. The number of aliphatic imine (C=N–C) groups is 1. The molecule has 1 saturated heterocycles. The van der Waals surface area contributed by atoms with Gasteiger partial charge >= 0.3 is 0 Å². The highest BCUT2D eigenvalue weighted by atomic mass is 15.3. The molecule has 1 heterocycles. The third-order valence-electron chi connectivity index (χ3n) is 3.47. The Hall–Kier alpha value is -1.62. The summed E-state index contributed by atoms with van der Waals surface area (Å²) in [5.41, 5.74) is 6.42. The van der Waals surface area contributed by atoms with E-state index in [1.165, 1.54) is 12.4 Å². The number of rotatable bonds is 3. The van der Waals surface area contributed by atoms with Crippen molar-refractivity contribution in [1.82, 2.24) is 10.2 Å². The van der Waals surface area contributed by atoms with Gasteiger partial charge < -0.3 is 21.4 Å². The number of nitrogens with one attached hydrogen (secondary N) is 2. The molecule has 5 nitrogen and oxygen atoms in total. The largest absolute Gasteiger partial charge is 0.404 e. The standard InChI is InChI=1S/C14H25N5/c1-5-6-13(17-4)19-9-10(2)18-14(11(19)3)12(7-15)8-16/h5-8,10-11,14-15,18H,9,16H2,1-4H3/b6-5-,12-8+,15-7?,17-13?. The molecule has 0 aromatic carbocycles. The average Bonchev–Trinajstić information content (AvgIpc) is 2.41. The van der Waals surface area contributed by atoms with Crippen LogP contribution in [-0.2, 0) is 0 Å². The van der Waals surface area contributed by atoms with Crippen molar-refractivity contribution in [1.29, 1.82) is 5.41 Å². The number of hydrogen-bond acceptors (Lipinski definition) is 4. The van der Waals surface area contributed by atoms with Crippen LogP contribution in [0.2, 0.25) is 0 Å². The fourth-order valence-corrected chi connectivity index (χ4v) is 2.51. The summed E-state index contributed by atoms with van der Waals surface area (Å²) in [6.07, 6.45) is 6.84. The summed E-state index contributed by atoms with van der Waals surface area (Å²) in [4.78, 5) is 6.61. The van der Waals surface area contributed by atoms with Crippen LogP contribution in [0.5, 0.6) is 0 Å². The van der Waals surface area contributed by atoms with E-state index in [9.17, 15) is 0 Å². The molecule has 1 fully saturated rings. The molecule has 0 aliphatic carbocycles. The van der Waals surface area contributed by atoms with Crippen molar-refractivity contribution in [2.75, 3.05) is 13.6 Å². The van der Waals surface area contributed by atoms with Crippen LogP contribution in [0.25, 0.3) is 0 Å². The minimum absolute atomic E-state index is 0.0493. The Morgan fingerprint density at radius 2 is 2.16 bits per heavy atom. The Kier molecular flexibility index (Phi) is 5.76. The minimum Gasteiger partial charge on any atom is -0.404 e. The Morgan fingerprint density at radius 3 is 2.63 bits per heavy atom. The molecule has 1 rings (SSSR count). The Balaban J connectivity index is 3.04. The third kappa shape index (κ3) is 3.44. The molecule has 19 heavy (non-hydrogen) atoms. The van der Waals surface area contributed by atoms with Crippen molar-refractivity contribution < 1.29 is 0 Å². The van der Waals surface area contributed by atoms with E-state index in [4.69, 9.17) is 11.1 Å². The fraction of sp³-hybridized carbons (Fsp3) is 0.571. The van der Waals surface area contributed by atoms with Crippen molar-refractivity contribution in [2.45, 2.75) is 38.9 Å². The molecule has 0 saturated carbocycles. The number of allylic oxidation sites excluding steroid dienone is 1. The van der Waals surface area contributed by atoms with Crippen molar-refractivity contribution >= 4 is 12.1 Å². The zero-order chi connectivity index (χ0) is 14.4. The number of nitrogens with two attached hydrogens (primary N) is 1. The molecular formula is C14H25N5. The maximum atomic E-state index is 7.48. The minimum atomic E-state index is 0.0493. The summed E-state index contributed by atoms with van der Waals surface area (Å²) in [7, 11) is 1.81. The van der Waals surface area contributed by atoms with Gasteiger partial charge in [0, 0.05) is 43.7 Å².